The van der Waals surface area contributed by atoms with E-state index in [1.807, 2.05) is 24.3 Å². The van der Waals surface area contributed by atoms with Crippen LogP contribution in [0, 0.1) is 6.92 Å². The number of allylic oxidation sites excluding steroid dienone is 4. The van der Waals surface area contributed by atoms with Gasteiger partial charge in [0.1, 0.15) is 0 Å². The van der Waals surface area contributed by atoms with Gasteiger partial charge in [-0.2, -0.15) is 0 Å². The average molecular weight is 447 g/mol. The third-order valence-corrected chi connectivity index (χ3v) is 4.62. The Labute approximate surface area is 161 Å². The minimum absolute atomic E-state index is 0.905. The molecule has 0 aromatic heterocycles. The van der Waals surface area contributed by atoms with Crippen LogP contribution in [-0.4, -0.2) is 0 Å². The molecule has 124 valence electrons. The van der Waals surface area contributed by atoms with Crippen LogP contribution >= 0.6 is 31.9 Å². The van der Waals surface area contributed by atoms with Crippen molar-refractivity contribution in [2.24, 2.45) is 0 Å². The van der Waals surface area contributed by atoms with Crippen molar-refractivity contribution in [2.45, 2.75) is 20.3 Å². The first-order chi connectivity index (χ1) is 11.5. The monoisotopic (exact) mass is 445 g/mol. The summed E-state index contributed by atoms with van der Waals surface area (Å²) in [6, 6.07) is 16.7. The lowest BCUT2D eigenvalue weighted by molar-refractivity contribution is 1.21. The van der Waals surface area contributed by atoms with Gasteiger partial charge in [0.2, 0.25) is 0 Å². The summed E-state index contributed by atoms with van der Waals surface area (Å²) in [6.07, 6.45) is 7.18. The van der Waals surface area contributed by atoms with Crippen LogP contribution in [0.5, 0.6) is 0 Å². The molecule has 0 amide bonds. The molecule has 0 N–H and O–H groups in total. The van der Waals surface area contributed by atoms with E-state index in [1.165, 1.54) is 5.56 Å². The summed E-state index contributed by atoms with van der Waals surface area (Å²) in [5.74, 6) is 0. The van der Waals surface area contributed by atoms with Crippen LogP contribution in [0.1, 0.15) is 18.9 Å². The molecule has 0 saturated carbocycles. The van der Waals surface area contributed by atoms with Gasteiger partial charge in [-0.3, -0.25) is 0 Å². The van der Waals surface area contributed by atoms with Crippen molar-refractivity contribution in [2.75, 3.05) is 4.90 Å². The van der Waals surface area contributed by atoms with E-state index >= 15 is 0 Å². The lowest BCUT2D eigenvalue weighted by Crippen LogP contribution is -2.14. The lowest BCUT2D eigenvalue weighted by atomic mass is 10.1. The van der Waals surface area contributed by atoms with Gasteiger partial charge in [-0.1, -0.05) is 69.1 Å². The number of rotatable bonds is 6. The van der Waals surface area contributed by atoms with Gasteiger partial charge in [-0.15, -0.1) is 0 Å². The van der Waals surface area contributed by atoms with Crippen molar-refractivity contribution in [1.29, 1.82) is 0 Å². The van der Waals surface area contributed by atoms with Gasteiger partial charge >= 0.3 is 0 Å². The van der Waals surface area contributed by atoms with E-state index in [-0.39, 0.29) is 0 Å². The van der Waals surface area contributed by atoms with E-state index in [0.717, 1.165) is 32.4 Å². The molecule has 0 unspecified atom stereocenters. The first-order valence-electron chi connectivity index (χ1n) is 7.86. The zero-order chi connectivity index (χ0) is 17.5. The predicted molar refractivity (Wildman–Crippen MR) is 113 cm³/mol. The van der Waals surface area contributed by atoms with Crippen molar-refractivity contribution in [1.82, 2.24) is 0 Å². The highest BCUT2D eigenvalue weighted by Gasteiger charge is 2.11. The second-order valence-corrected chi connectivity index (χ2v) is 7.30. The summed E-state index contributed by atoms with van der Waals surface area (Å²) >= 11 is 7.05. The summed E-state index contributed by atoms with van der Waals surface area (Å²) in [7, 11) is 0. The van der Waals surface area contributed by atoms with Crippen molar-refractivity contribution in [3.63, 3.8) is 0 Å². The van der Waals surface area contributed by atoms with Gasteiger partial charge in [-0.25, -0.2) is 0 Å². The van der Waals surface area contributed by atoms with Crippen LogP contribution < -0.4 is 4.90 Å². The first kappa shape index (κ1) is 18.8. The van der Waals surface area contributed by atoms with E-state index in [4.69, 9.17) is 0 Å². The van der Waals surface area contributed by atoms with E-state index in [0.29, 0.717) is 0 Å². The highest BCUT2D eigenvalue weighted by atomic mass is 79.9. The zero-order valence-corrected chi connectivity index (χ0v) is 17.1. The summed E-state index contributed by atoms with van der Waals surface area (Å²) in [6.45, 7) is 8.47. The Morgan fingerprint density at radius 1 is 1.00 bits per heavy atom. The maximum atomic E-state index is 4.26. The molecule has 2 aromatic rings. The number of halogens is 2. The van der Waals surface area contributed by atoms with Gasteiger partial charge in [-0.05, 0) is 61.9 Å². The molecule has 3 heteroatoms. The lowest BCUT2D eigenvalue weighted by Gasteiger charge is -2.25. The molecule has 0 atom stereocenters. The fourth-order valence-corrected chi connectivity index (χ4v) is 3.00. The molecule has 0 radical (unpaired) electrons. The van der Waals surface area contributed by atoms with Crippen molar-refractivity contribution in [3.8, 4) is 0 Å². The van der Waals surface area contributed by atoms with Gasteiger partial charge < -0.3 is 4.90 Å². The Kier molecular flexibility index (Phi) is 7.07. The molecule has 2 rings (SSSR count). The summed E-state index contributed by atoms with van der Waals surface area (Å²) in [4.78, 5) is 2.15. The van der Waals surface area contributed by atoms with E-state index < -0.39 is 0 Å². The molecular formula is C21H21Br2N. The SMILES string of the molecule is C=C(/C=C\C(Br)=C/CC)N(c1ccc(C)cc1)c1ccc(Br)cc1. The molecule has 0 saturated heterocycles. The Bertz CT molecular complexity index is 695. The maximum absolute atomic E-state index is 4.26. The fourth-order valence-electron chi connectivity index (χ4n) is 2.28. The molecule has 0 bridgehead atoms. The molecule has 24 heavy (non-hydrogen) atoms. The van der Waals surface area contributed by atoms with Crippen LogP contribution in [0.15, 0.2) is 88.0 Å². The number of hydrogen-bond acceptors (Lipinski definition) is 1. The first-order valence-corrected chi connectivity index (χ1v) is 9.45. The molecule has 0 aliphatic heterocycles. The largest absolute Gasteiger partial charge is 0.311 e. The highest BCUT2D eigenvalue weighted by Crippen LogP contribution is 2.31. The third-order valence-electron chi connectivity index (χ3n) is 3.50. The standard InChI is InChI=1S/C21H21Br2N/c1-4-5-18(22)9-8-17(3)24(20-12-6-16(2)7-13-20)21-14-10-19(23)11-15-21/h5-15H,3-4H2,1-2H3/b9-8-,18-5+. The molecule has 0 spiro atoms. The second kappa shape index (κ2) is 9.05. The van der Waals surface area contributed by atoms with E-state index in [1.54, 1.807) is 0 Å². The number of hydrogen-bond donors (Lipinski definition) is 0. The third kappa shape index (κ3) is 5.22. The van der Waals surface area contributed by atoms with Crippen LogP contribution in [0.2, 0.25) is 0 Å². The highest BCUT2D eigenvalue weighted by molar-refractivity contribution is 9.12. The molecule has 2 aromatic carbocycles. The van der Waals surface area contributed by atoms with Crippen molar-refractivity contribution < 1.29 is 0 Å². The van der Waals surface area contributed by atoms with E-state index in [9.17, 15) is 0 Å². The van der Waals surface area contributed by atoms with Crippen molar-refractivity contribution >= 4 is 43.2 Å². The topological polar surface area (TPSA) is 3.24 Å². The molecular weight excluding hydrogens is 426 g/mol. The molecule has 0 aliphatic rings. The minimum Gasteiger partial charge on any atom is -0.311 e. The van der Waals surface area contributed by atoms with Gasteiger partial charge in [0.05, 0.1) is 0 Å². The number of benzene rings is 2. The Morgan fingerprint density at radius 3 is 2.08 bits per heavy atom. The van der Waals surface area contributed by atoms with Gasteiger partial charge in [0.15, 0.2) is 0 Å². The Hall–Kier alpha value is -1.58. The van der Waals surface area contributed by atoms with Crippen LogP contribution in [0.25, 0.3) is 0 Å². The number of aryl methyl sites for hydroxylation is 1. The van der Waals surface area contributed by atoms with E-state index in [2.05, 4.69) is 99.7 Å². The number of nitrogens with zero attached hydrogens (tertiary/aromatic N) is 1. The van der Waals surface area contributed by atoms with Crippen molar-refractivity contribution in [3.05, 3.63) is 93.6 Å². The average Bonchev–Trinajstić information content (AvgIpc) is 2.57. The smallest absolute Gasteiger partial charge is 0.0462 e. The van der Waals surface area contributed by atoms with Crippen LogP contribution in [0.3, 0.4) is 0 Å². The minimum atomic E-state index is 0.905. The molecule has 1 nitrogen and oxygen atoms in total. The maximum Gasteiger partial charge on any atom is 0.0462 e. The summed E-state index contributed by atoms with van der Waals surface area (Å²) in [5.41, 5.74) is 4.31. The number of anilines is 2. The Balaban J connectivity index is 2.39. The Morgan fingerprint density at radius 2 is 1.54 bits per heavy atom. The second-order valence-electron chi connectivity index (χ2n) is 5.47. The molecule has 0 heterocycles. The molecule has 0 fully saturated rings. The van der Waals surface area contributed by atoms with Gasteiger partial charge in [0.25, 0.3) is 0 Å². The summed E-state index contributed by atoms with van der Waals surface area (Å²) in [5, 5.41) is 0. The van der Waals surface area contributed by atoms with Crippen LogP contribution in [-0.2, 0) is 0 Å². The van der Waals surface area contributed by atoms with Gasteiger partial charge in [0, 0.05) is 26.0 Å². The summed E-state index contributed by atoms with van der Waals surface area (Å²) < 4.78 is 2.12. The normalized spacial score (nSPS) is 11.8. The fraction of sp³-hybridized carbons (Fsp3) is 0.143. The molecule has 0 aliphatic carbocycles. The zero-order valence-electron chi connectivity index (χ0n) is 14.0. The predicted octanol–water partition coefficient (Wildman–Crippen LogP) is 7.65. The van der Waals surface area contributed by atoms with Crippen LogP contribution in [0.4, 0.5) is 11.4 Å². The quantitative estimate of drug-likeness (QED) is 0.411.